The number of carbonyl (C=O) groups is 1. The van der Waals surface area contributed by atoms with Crippen molar-refractivity contribution < 1.29 is 9.53 Å². The number of hydrogen-bond acceptors (Lipinski definition) is 5. The zero-order chi connectivity index (χ0) is 19.8. The predicted octanol–water partition coefficient (Wildman–Crippen LogP) is 3.09. The predicted molar refractivity (Wildman–Crippen MR) is 110 cm³/mol. The fraction of sp³-hybridized carbons (Fsp3) is 0.227. The van der Waals surface area contributed by atoms with Gasteiger partial charge in [-0.25, -0.2) is 4.98 Å². The number of anilines is 1. The summed E-state index contributed by atoms with van der Waals surface area (Å²) in [6.45, 7) is 1.19. The third-order valence-electron chi connectivity index (χ3n) is 4.45. The number of aromatic nitrogens is 2. The van der Waals surface area contributed by atoms with E-state index in [2.05, 4.69) is 20.2 Å². The van der Waals surface area contributed by atoms with E-state index in [1.54, 1.807) is 43.8 Å². The number of rotatable bonds is 8. The Morgan fingerprint density at radius 3 is 2.54 bits per heavy atom. The number of likely N-dealkylation sites (N-methyl/N-ethyl adjacent to an activating group) is 1. The van der Waals surface area contributed by atoms with Gasteiger partial charge in [-0.3, -0.25) is 9.78 Å². The second-order valence-corrected chi connectivity index (χ2v) is 6.39. The number of ether oxygens (including phenoxy) is 1. The molecule has 2 aromatic heterocycles. The van der Waals surface area contributed by atoms with Crippen LogP contribution in [0.3, 0.4) is 0 Å². The average Bonchev–Trinajstić information content (AvgIpc) is 2.76. The van der Waals surface area contributed by atoms with Crippen LogP contribution in [0.4, 0.5) is 5.82 Å². The molecular weight excluding hydrogens is 352 g/mol. The molecule has 1 N–H and O–H groups in total. The third-order valence-corrected chi connectivity index (χ3v) is 4.45. The molecule has 0 saturated carbocycles. The summed E-state index contributed by atoms with van der Waals surface area (Å²) < 4.78 is 5.13. The van der Waals surface area contributed by atoms with Crippen molar-refractivity contribution >= 4 is 11.7 Å². The lowest BCUT2D eigenvalue weighted by molar-refractivity contribution is 0.0951. The maximum absolute atomic E-state index is 12.4. The summed E-state index contributed by atoms with van der Waals surface area (Å²) in [6.07, 6.45) is 4.39. The summed E-state index contributed by atoms with van der Waals surface area (Å²) >= 11 is 0. The minimum absolute atomic E-state index is 0.131. The van der Waals surface area contributed by atoms with Crippen molar-refractivity contribution in [2.24, 2.45) is 0 Å². The monoisotopic (exact) mass is 376 g/mol. The van der Waals surface area contributed by atoms with E-state index in [4.69, 9.17) is 4.74 Å². The van der Waals surface area contributed by atoms with Gasteiger partial charge in [-0.1, -0.05) is 12.1 Å². The number of hydrogen-bond donors (Lipinski definition) is 1. The topological polar surface area (TPSA) is 67.3 Å². The van der Waals surface area contributed by atoms with Crippen LogP contribution in [-0.4, -0.2) is 36.6 Å². The average molecular weight is 376 g/mol. The van der Waals surface area contributed by atoms with Crippen molar-refractivity contribution in [3.8, 4) is 5.75 Å². The molecule has 0 atom stereocenters. The normalized spacial score (nSPS) is 10.4. The highest BCUT2D eigenvalue weighted by Crippen LogP contribution is 2.17. The van der Waals surface area contributed by atoms with Crippen LogP contribution in [0.2, 0.25) is 0 Å². The molecule has 3 aromatic rings. The lowest BCUT2D eigenvalue weighted by Crippen LogP contribution is -2.27. The Kier molecular flexibility index (Phi) is 6.57. The standard InChI is InChI=1S/C22H24N4O2/c1-26(15-12-19-7-3-4-13-23-19)21-18(6-5-14-24-21)16-25-22(27)17-8-10-20(28-2)11-9-17/h3-11,13-14H,12,15-16H2,1-2H3,(H,25,27). The van der Waals surface area contributed by atoms with Crippen molar-refractivity contribution in [3.63, 3.8) is 0 Å². The minimum atomic E-state index is -0.131. The first kappa shape index (κ1) is 19.4. The van der Waals surface area contributed by atoms with Crippen molar-refractivity contribution in [2.45, 2.75) is 13.0 Å². The van der Waals surface area contributed by atoms with E-state index in [0.717, 1.165) is 35.8 Å². The Bertz CT molecular complexity index is 898. The fourth-order valence-corrected chi connectivity index (χ4v) is 2.87. The molecule has 0 aliphatic carbocycles. The van der Waals surface area contributed by atoms with E-state index >= 15 is 0 Å². The van der Waals surface area contributed by atoms with Crippen LogP contribution in [0.1, 0.15) is 21.6 Å². The largest absolute Gasteiger partial charge is 0.497 e. The maximum atomic E-state index is 12.4. The summed E-state index contributed by atoms with van der Waals surface area (Å²) in [4.78, 5) is 23.4. The summed E-state index contributed by atoms with van der Waals surface area (Å²) in [5.74, 6) is 1.45. The first-order valence-electron chi connectivity index (χ1n) is 9.14. The Balaban J connectivity index is 1.61. The molecule has 0 unspecified atom stereocenters. The highest BCUT2D eigenvalue weighted by molar-refractivity contribution is 5.94. The first-order valence-corrected chi connectivity index (χ1v) is 9.14. The van der Waals surface area contributed by atoms with Gasteiger partial charge in [0.1, 0.15) is 11.6 Å². The van der Waals surface area contributed by atoms with E-state index in [1.165, 1.54) is 0 Å². The summed E-state index contributed by atoms with van der Waals surface area (Å²) in [5.41, 5.74) is 2.60. The molecule has 144 valence electrons. The van der Waals surface area contributed by atoms with Crippen molar-refractivity contribution in [3.05, 3.63) is 83.8 Å². The fourth-order valence-electron chi connectivity index (χ4n) is 2.87. The van der Waals surface area contributed by atoms with Gasteiger partial charge in [-0.05, 0) is 42.5 Å². The highest BCUT2D eigenvalue weighted by Gasteiger charge is 2.11. The highest BCUT2D eigenvalue weighted by atomic mass is 16.5. The molecule has 0 bridgehead atoms. The van der Waals surface area contributed by atoms with Crippen molar-refractivity contribution in [2.75, 3.05) is 25.6 Å². The number of amides is 1. The van der Waals surface area contributed by atoms with Gasteiger partial charge >= 0.3 is 0 Å². The van der Waals surface area contributed by atoms with Gasteiger partial charge in [-0.15, -0.1) is 0 Å². The number of pyridine rings is 2. The van der Waals surface area contributed by atoms with Gasteiger partial charge in [0.15, 0.2) is 0 Å². The number of nitrogens with one attached hydrogen (secondary N) is 1. The minimum Gasteiger partial charge on any atom is -0.497 e. The van der Waals surface area contributed by atoms with Gasteiger partial charge in [0, 0.05) is 55.8 Å². The van der Waals surface area contributed by atoms with E-state index in [0.29, 0.717) is 12.1 Å². The van der Waals surface area contributed by atoms with Crippen LogP contribution in [-0.2, 0) is 13.0 Å². The zero-order valence-electron chi connectivity index (χ0n) is 16.1. The molecule has 3 rings (SSSR count). The van der Waals surface area contributed by atoms with Crippen LogP contribution >= 0.6 is 0 Å². The van der Waals surface area contributed by atoms with Crippen LogP contribution in [0.5, 0.6) is 5.75 Å². The number of benzene rings is 1. The number of nitrogens with zero attached hydrogens (tertiary/aromatic N) is 3. The molecule has 0 fully saturated rings. The second kappa shape index (κ2) is 9.50. The lowest BCUT2D eigenvalue weighted by atomic mass is 10.2. The SMILES string of the molecule is COc1ccc(C(=O)NCc2cccnc2N(C)CCc2ccccn2)cc1. The number of carbonyl (C=O) groups excluding carboxylic acids is 1. The molecule has 6 heteroatoms. The maximum Gasteiger partial charge on any atom is 0.251 e. The lowest BCUT2D eigenvalue weighted by Gasteiger charge is -2.21. The van der Waals surface area contributed by atoms with Gasteiger partial charge in [-0.2, -0.15) is 0 Å². The quantitative estimate of drug-likeness (QED) is 0.654. The summed E-state index contributed by atoms with van der Waals surface area (Å²) in [6, 6.07) is 16.8. The molecular formula is C22H24N4O2. The molecule has 0 aliphatic rings. The van der Waals surface area contributed by atoms with Crippen LogP contribution in [0.25, 0.3) is 0 Å². The Hall–Kier alpha value is -3.41. The van der Waals surface area contributed by atoms with Crippen LogP contribution < -0.4 is 15.0 Å². The van der Waals surface area contributed by atoms with Crippen LogP contribution in [0, 0.1) is 0 Å². The van der Waals surface area contributed by atoms with E-state index in [9.17, 15) is 4.79 Å². The molecule has 6 nitrogen and oxygen atoms in total. The molecule has 28 heavy (non-hydrogen) atoms. The Labute approximate surface area is 165 Å². The van der Waals surface area contributed by atoms with Crippen LogP contribution in [0.15, 0.2) is 67.0 Å². The molecule has 1 aromatic carbocycles. The molecule has 2 heterocycles. The second-order valence-electron chi connectivity index (χ2n) is 6.39. The van der Waals surface area contributed by atoms with E-state index < -0.39 is 0 Å². The van der Waals surface area contributed by atoms with Gasteiger partial charge in [0.05, 0.1) is 7.11 Å². The van der Waals surface area contributed by atoms with E-state index in [-0.39, 0.29) is 5.91 Å². The summed E-state index contributed by atoms with van der Waals surface area (Å²) in [7, 11) is 3.60. The molecule has 0 saturated heterocycles. The van der Waals surface area contributed by atoms with Gasteiger partial charge in [0.2, 0.25) is 0 Å². The smallest absolute Gasteiger partial charge is 0.251 e. The first-order chi connectivity index (χ1) is 13.7. The molecule has 1 amide bonds. The molecule has 0 aliphatic heterocycles. The van der Waals surface area contributed by atoms with Gasteiger partial charge < -0.3 is 15.0 Å². The van der Waals surface area contributed by atoms with E-state index in [1.807, 2.05) is 37.4 Å². The third kappa shape index (κ3) is 5.07. The molecule has 0 spiro atoms. The number of methoxy groups -OCH3 is 1. The summed E-state index contributed by atoms with van der Waals surface area (Å²) in [5, 5.41) is 2.96. The van der Waals surface area contributed by atoms with Crippen molar-refractivity contribution in [1.82, 2.24) is 15.3 Å². The molecule has 0 radical (unpaired) electrons. The Morgan fingerprint density at radius 1 is 1.04 bits per heavy atom. The van der Waals surface area contributed by atoms with Crippen molar-refractivity contribution in [1.29, 1.82) is 0 Å². The zero-order valence-corrected chi connectivity index (χ0v) is 16.1. The Morgan fingerprint density at radius 2 is 1.82 bits per heavy atom. The van der Waals surface area contributed by atoms with Gasteiger partial charge in [0.25, 0.3) is 5.91 Å².